The number of pyridine rings is 1. The van der Waals surface area contributed by atoms with Crippen LogP contribution in [0.3, 0.4) is 0 Å². The van der Waals surface area contributed by atoms with E-state index >= 15 is 0 Å². The van der Waals surface area contributed by atoms with Gasteiger partial charge in [0.2, 0.25) is 0 Å². The number of benzene rings is 5. The molecule has 48 heavy (non-hydrogen) atoms. The summed E-state index contributed by atoms with van der Waals surface area (Å²) < 4.78 is 1.34. The van der Waals surface area contributed by atoms with E-state index in [2.05, 4.69) is 163 Å². The summed E-state index contributed by atoms with van der Waals surface area (Å²) in [5.74, 6) is 0.252. The zero-order valence-corrected chi connectivity index (χ0v) is 27.2. The predicted molar refractivity (Wildman–Crippen MR) is 202 cm³/mol. The lowest BCUT2D eigenvalue weighted by Crippen LogP contribution is -2.26. The van der Waals surface area contributed by atoms with E-state index in [0.717, 1.165) is 35.4 Å². The maximum atomic E-state index is 5.18. The first-order valence-electron chi connectivity index (χ1n) is 16.9. The molecule has 0 N–H and O–H groups in total. The number of thiophene rings is 1. The number of aromatic nitrogens is 1. The molecule has 0 saturated carbocycles. The zero-order valence-electron chi connectivity index (χ0n) is 26.4. The second-order valence-corrected chi connectivity index (χ2v) is 14.0. The number of fused-ring (bicyclic) bond motifs is 10. The summed E-state index contributed by atoms with van der Waals surface area (Å²) in [5, 5.41) is 2.70. The Hall–Kier alpha value is -5.51. The van der Waals surface area contributed by atoms with Gasteiger partial charge in [0.15, 0.2) is 0 Å². The molecular weight excluding hydrogens is 601 g/mol. The minimum absolute atomic E-state index is 0.163. The number of allylic oxidation sites excluding steroid dienone is 3. The molecule has 0 radical (unpaired) electrons. The van der Waals surface area contributed by atoms with E-state index in [1.165, 1.54) is 59.7 Å². The Kier molecular flexibility index (Phi) is 6.35. The topological polar surface area (TPSA) is 16.1 Å². The molecule has 1 aliphatic carbocycles. The molecule has 0 bridgehead atoms. The molecule has 2 aromatic heterocycles. The molecule has 0 saturated heterocycles. The third-order valence-corrected chi connectivity index (χ3v) is 11.4. The van der Waals surface area contributed by atoms with Crippen molar-refractivity contribution in [3.63, 3.8) is 0 Å². The van der Waals surface area contributed by atoms with Crippen molar-refractivity contribution in [3.05, 3.63) is 174 Å². The molecule has 3 aliphatic rings. The molecule has 5 aromatic carbocycles. The summed E-state index contributed by atoms with van der Waals surface area (Å²) in [4.78, 5) is 7.85. The summed E-state index contributed by atoms with van der Waals surface area (Å²) in [6.07, 6.45) is 9.44. The van der Waals surface area contributed by atoms with E-state index in [-0.39, 0.29) is 12.0 Å². The van der Waals surface area contributed by atoms with Crippen LogP contribution in [0.2, 0.25) is 0 Å². The summed E-state index contributed by atoms with van der Waals surface area (Å²) in [7, 11) is 0. The van der Waals surface area contributed by atoms with Crippen molar-refractivity contribution in [1.29, 1.82) is 0 Å². The third-order valence-electron chi connectivity index (χ3n) is 10.2. The van der Waals surface area contributed by atoms with Crippen molar-refractivity contribution in [3.8, 4) is 44.8 Å². The van der Waals surface area contributed by atoms with Gasteiger partial charge in [0, 0.05) is 38.4 Å². The molecule has 0 amide bonds. The lowest BCUT2D eigenvalue weighted by atomic mass is 9.78. The molecule has 2 atom stereocenters. The highest BCUT2D eigenvalue weighted by Crippen LogP contribution is 2.64. The van der Waals surface area contributed by atoms with Crippen molar-refractivity contribution in [2.45, 2.75) is 24.8 Å². The van der Waals surface area contributed by atoms with E-state index in [9.17, 15) is 0 Å². The van der Waals surface area contributed by atoms with Gasteiger partial charge in [-0.1, -0.05) is 127 Å². The summed E-state index contributed by atoms with van der Waals surface area (Å²) in [6.45, 7) is 0. The van der Waals surface area contributed by atoms with Gasteiger partial charge in [0.05, 0.1) is 17.4 Å². The Balaban J connectivity index is 1.23. The minimum Gasteiger partial charge on any atom is -0.324 e. The van der Waals surface area contributed by atoms with Crippen LogP contribution in [0.4, 0.5) is 10.7 Å². The zero-order chi connectivity index (χ0) is 31.6. The van der Waals surface area contributed by atoms with Crippen LogP contribution < -0.4 is 4.90 Å². The molecule has 3 heteroatoms. The van der Waals surface area contributed by atoms with Gasteiger partial charge in [-0.25, -0.2) is 4.98 Å². The number of anilines is 2. The van der Waals surface area contributed by atoms with Gasteiger partial charge in [-0.2, -0.15) is 0 Å². The SMILES string of the molecule is C1=CC(C2c3ccccc3N3c4sc5ccccc5c4-c4ccc(-c5cc(-c6ccccc6)nc(-c6ccccc6)c5)cc4C23)=CCC1. The van der Waals surface area contributed by atoms with Crippen LogP contribution in [0, 0.1) is 0 Å². The first-order valence-corrected chi connectivity index (χ1v) is 17.7. The minimum atomic E-state index is 0.163. The smallest absolute Gasteiger partial charge is 0.105 e. The van der Waals surface area contributed by atoms with Gasteiger partial charge in [-0.15, -0.1) is 11.3 Å². The van der Waals surface area contributed by atoms with Gasteiger partial charge in [0.25, 0.3) is 0 Å². The molecule has 228 valence electrons. The fraction of sp³-hybridized carbons (Fsp3) is 0.0889. The molecule has 0 fully saturated rings. The molecular formula is C45H32N2S. The van der Waals surface area contributed by atoms with Crippen LogP contribution >= 0.6 is 11.3 Å². The van der Waals surface area contributed by atoms with Crippen molar-refractivity contribution in [2.24, 2.45) is 0 Å². The first-order chi connectivity index (χ1) is 23.8. The van der Waals surface area contributed by atoms with Crippen LogP contribution in [0.1, 0.15) is 35.9 Å². The second-order valence-electron chi connectivity index (χ2n) is 13.0. The maximum absolute atomic E-state index is 5.18. The Bertz CT molecular complexity index is 2360. The lowest BCUT2D eigenvalue weighted by molar-refractivity contribution is 0.651. The summed E-state index contributed by atoms with van der Waals surface area (Å²) in [6, 6.07) is 51.1. The summed E-state index contributed by atoms with van der Waals surface area (Å²) in [5.41, 5.74) is 14.9. The number of hydrogen-bond donors (Lipinski definition) is 0. The standard InChI is InChI=1S/C45H32N2S/c1-4-14-29(15-5-1)38-27-33(28-39(46-38)30-16-6-2-7-17-30)32-24-25-34-37(26-32)44-42(31-18-8-3-9-19-31)35-20-10-12-22-40(35)47(44)45-43(34)36-21-11-13-23-41(36)48-45/h1-2,4-8,10-28,42,44H,3,9H2. The van der Waals surface area contributed by atoms with Crippen molar-refractivity contribution in [1.82, 2.24) is 4.98 Å². The van der Waals surface area contributed by atoms with Crippen LogP contribution in [-0.4, -0.2) is 4.98 Å². The van der Waals surface area contributed by atoms with Gasteiger partial charge < -0.3 is 4.90 Å². The van der Waals surface area contributed by atoms with Gasteiger partial charge in [-0.3, -0.25) is 0 Å². The van der Waals surface area contributed by atoms with Gasteiger partial charge in [0.1, 0.15) is 5.00 Å². The van der Waals surface area contributed by atoms with Crippen LogP contribution in [0.25, 0.3) is 54.9 Å². The number of nitrogens with zero attached hydrogens (tertiary/aromatic N) is 2. The Morgan fingerprint density at radius 1 is 0.604 bits per heavy atom. The largest absolute Gasteiger partial charge is 0.324 e. The highest BCUT2D eigenvalue weighted by Gasteiger charge is 2.46. The van der Waals surface area contributed by atoms with E-state index in [1.807, 2.05) is 11.3 Å². The number of hydrogen-bond acceptors (Lipinski definition) is 3. The van der Waals surface area contributed by atoms with Crippen LogP contribution in [0.5, 0.6) is 0 Å². The monoisotopic (exact) mass is 632 g/mol. The maximum Gasteiger partial charge on any atom is 0.105 e. The normalized spacial score (nSPS) is 17.4. The number of rotatable bonds is 4. The average Bonchev–Trinajstić information content (AvgIpc) is 3.72. The van der Waals surface area contributed by atoms with Crippen molar-refractivity contribution < 1.29 is 0 Å². The highest BCUT2D eigenvalue weighted by molar-refractivity contribution is 7.23. The molecule has 2 unspecified atom stereocenters. The van der Waals surface area contributed by atoms with Gasteiger partial charge in [-0.05, 0) is 76.6 Å². The molecule has 10 rings (SSSR count). The van der Waals surface area contributed by atoms with E-state index in [1.54, 1.807) is 0 Å². The van der Waals surface area contributed by atoms with E-state index in [4.69, 9.17) is 4.98 Å². The van der Waals surface area contributed by atoms with E-state index < -0.39 is 0 Å². The predicted octanol–water partition coefficient (Wildman–Crippen LogP) is 12.5. The molecule has 7 aromatic rings. The molecule has 2 nitrogen and oxygen atoms in total. The van der Waals surface area contributed by atoms with Crippen LogP contribution in [0.15, 0.2) is 163 Å². The lowest BCUT2D eigenvalue weighted by Gasteiger charge is -2.37. The molecule has 0 spiro atoms. The Morgan fingerprint density at radius 3 is 2.06 bits per heavy atom. The fourth-order valence-corrected chi connectivity index (χ4v) is 9.37. The highest BCUT2D eigenvalue weighted by atomic mass is 32.1. The first kappa shape index (κ1) is 27.6. The number of para-hydroxylation sites is 1. The Labute approximate surface area is 285 Å². The van der Waals surface area contributed by atoms with Gasteiger partial charge >= 0.3 is 0 Å². The second kappa shape index (κ2) is 11.0. The summed E-state index contributed by atoms with van der Waals surface area (Å²) >= 11 is 1.93. The fourth-order valence-electron chi connectivity index (χ4n) is 8.11. The van der Waals surface area contributed by atoms with Crippen molar-refractivity contribution in [2.75, 3.05) is 4.90 Å². The van der Waals surface area contributed by atoms with E-state index in [0.29, 0.717) is 0 Å². The quantitative estimate of drug-likeness (QED) is 0.192. The molecule has 2 aliphatic heterocycles. The van der Waals surface area contributed by atoms with Crippen LogP contribution in [-0.2, 0) is 0 Å². The average molecular weight is 633 g/mol. The van der Waals surface area contributed by atoms with Crippen molar-refractivity contribution >= 4 is 32.1 Å². The third kappa shape index (κ3) is 4.28. The molecule has 4 heterocycles. The Morgan fingerprint density at radius 2 is 1.31 bits per heavy atom.